The molecule has 1 aromatic carbocycles. The molecule has 0 amide bonds. The summed E-state index contributed by atoms with van der Waals surface area (Å²) in [5, 5.41) is 3.28. The van der Waals surface area contributed by atoms with Crippen LogP contribution in [-0.2, 0) is 5.41 Å². The van der Waals surface area contributed by atoms with Gasteiger partial charge in [-0.25, -0.2) is 4.98 Å². The van der Waals surface area contributed by atoms with Crippen LogP contribution in [0.5, 0.6) is 5.75 Å². The molecule has 21 heavy (non-hydrogen) atoms. The normalized spacial score (nSPS) is 11.2. The second kappa shape index (κ2) is 7.11. The third kappa shape index (κ3) is 4.78. The number of anilines is 1. The minimum atomic E-state index is 0.100. The summed E-state index contributed by atoms with van der Waals surface area (Å²) >= 11 is 0. The van der Waals surface area contributed by atoms with Gasteiger partial charge in [-0.3, -0.25) is 0 Å². The SMILES string of the molecule is CC(C)(C)c1ccccc1OCCCNc1ccccn1. The third-order valence-corrected chi connectivity index (χ3v) is 3.24. The molecule has 1 heterocycles. The maximum absolute atomic E-state index is 5.94. The molecular weight excluding hydrogens is 260 g/mol. The maximum Gasteiger partial charge on any atom is 0.125 e. The highest BCUT2D eigenvalue weighted by Crippen LogP contribution is 2.30. The first kappa shape index (κ1) is 15.4. The lowest BCUT2D eigenvalue weighted by atomic mass is 9.86. The van der Waals surface area contributed by atoms with E-state index in [2.05, 4.69) is 43.2 Å². The van der Waals surface area contributed by atoms with E-state index in [-0.39, 0.29) is 5.41 Å². The van der Waals surface area contributed by atoms with E-state index in [0.29, 0.717) is 6.61 Å². The monoisotopic (exact) mass is 284 g/mol. The van der Waals surface area contributed by atoms with Gasteiger partial charge >= 0.3 is 0 Å². The van der Waals surface area contributed by atoms with Gasteiger partial charge in [0, 0.05) is 12.7 Å². The van der Waals surface area contributed by atoms with Gasteiger partial charge in [0.2, 0.25) is 0 Å². The number of hydrogen-bond acceptors (Lipinski definition) is 3. The topological polar surface area (TPSA) is 34.1 Å². The maximum atomic E-state index is 5.94. The lowest BCUT2D eigenvalue weighted by Gasteiger charge is -2.22. The number of nitrogens with one attached hydrogen (secondary N) is 1. The Hall–Kier alpha value is -2.03. The van der Waals surface area contributed by atoms with E-state index in [1.807, 2.05) is 30.3 Å². The van der Waals surface area contributed by atoms with Gasteiger partial charge in [0.05, 0.1) is 6.61 Å². The molecule has 0 fully saturated rings. The van der Waals surface area contributed by atoms with Crippen LogP contribution in [-0.4, -0.2) is 18.1 Å². The van der Waals surface area contributed by atoms with Crippen molar-refractivity contribution in [2.45, 2.75) is 32.6 Å². The van der Waals surface area contributed by atoms with E-state index in [4.69, 9.17) is 4.74 Å². The number of nitrogens with zero attached hydrogens (tertiary/aromatic N) is 1. The summed E-state index contributed by atoms with van der Waals surface area (Å²) in [5.74, 6) is 1.90. The fourth-order valence-corrected chi connectivity index (χ4v) is 2.15. The van der Waals surface area contributed by atoms with Crippen molar-refractivity contribution in [3.8, 4) is 5.75 Å². The first-order valence-corrected chi connectivity index (χ1v) is 7.44. The molecule has 0 aliphatic carbocycles. The average Bonchev–Trinajstić information content (AvgIpc) is 2.47. The average molecular weight is 284 g/mol. The van der Waals surface area contributed by atoms with Crippen LogP contribution in [0.3, 0.4) is 0 Å². The molecule has 0 aliphatic rings. The summed E-state index contributed by atoms with van der Waals surface area (Å²) in [5.41, 5.74) is 1.35. The van der Waals surface area contributed by atoms with Crippen LogP contribution in [0.4, 0.5) is 5.82 Å². The second-order valence-corrected chi connectivity index (χ2v) is 6.09. The Balaban J connectivity index is 1.79. The molecule has 0 spiro atoms. The molecular formula is C18H24N2O. The third-order valence-electron chi connectivity index (χ3n) is 3.24. The summed E-state index contributed by atoms with van der Waals surface area (Å²) in [6.45, 7) is 8.18. The van der Waals surface area contributed by atoms with Crippen LogP contribution < -0.4 is 10.1 Å². The van der Waals surface area contributed by atoms with E-state index in [9.17, 15) is 0 Å². The van der Waals surface area contributed by atoms with Crippen LogP contribution >= 0.6 is 0 Å². The first-order valence-electron chi connectivity index (χ1n) is 7.44. The van der Waals surface area contributed by atoms with Crippen LogP contribution in [0, 0.1) is 0 Å². The molecule has 0 saturated heterocycles. The largest absolute Gasteiger partial charge is 0.493 e. The van der Waals surface area contributed by atoms with Crippen LogP contribution in [0.25, 0.3) is 0 Å². The van der Waals surface area contributed by atoms with Crippen LogP contribution in [0.2, 0.25) is 0 Å². The highest BCUT2D eigenvalue weighted by atomic mass is 16.5. The summed E-state index contributed by atoms with van der Waals surface area (Å²) in [6, 6.07) is 14.1. The van der Waals surface area contributed by atoms with Crippen molar-refractivity contribution in [2.75, 3.05) is 18.5 Å². The minimum absolute atomic E-state index is 0.100. The van der Waals surface area contributed by atoms with Gasteiger partial charge in [0.15, 0.2) is 0 Å². The highest BCUT2D eigenvalue weighted by molar-refractivity contribution is 5.38. The van der Waals surface area contributed by atoms with Crippen molar-refractivity contribution in [3.63, 3.8) is 0 Å². The summed E-state index contributed by atoms with van der Waals surface area (Å²) in [6.07, 6.45) is 2.73. The number of ether oxygens (including phenoxy) is 1. The zero-order valence-electron chi connectivity index (χ0n) is 13.1. The Morgan fingerprint density at radius 2 is 1.81 bits per heavy atom. The molecule has 3 nitrogen and oxygen atoms in total. The molecule has 0 aliphatic heterocycles. The molecule has 0 saturated carbocycles. The van der Waals surface area contributed by atoms with E-state index >= 15 is 0 Å². The van der Waals surface area contributed by atoms with Crippen LogP contribution in [0.1, 0.15) is 32.8 Å². The predicted octanol–water partition coefficient (Wildman–Crippen LogP) is 4.26. The molecule has 2 rings (SSSR count). The van der Waals surface area contributed by atoms with Crippen molar-refractivity contribution in [1.29, 1.82) is 0 Å². The van der Waals surface area contributed by atoms with Crippen molar-refractivity contribution in [2.24, 2.45) is 0 Å². The lowest BCUT2D eigenvalue weighted by molar-refractivity contribution is 0.306. The zero-order valence-corrected chi connectivity index (χ0v) is 13.1. The van der Waals surface area contributed by atoms with Crippen LogP contribution in [0.15, 0.2) is 48.7 Å². The Bertz CT molecular complexity index is 547. The lowest BCUT2D eigenvalue weighted by Crippen LogP contribution is -2.14. The van der Waals surface area contributed by atoms with Gasteiger partial charge in [0.25, 0.3) is 0 Å². The number of hydrogen-bond donors (Lipinski definition) is 1. The van der Waals surface area contributed by atoms with Crippen molar-refractivity contribution in [1.82, 2.24) is 4.98 Å². The van der Waals surface area contributed by atoms with Crippen molar-refractivity contribution < 1.29 is 4.74 Å². The van der Waals surface area contributed by atoms with E-state index in [1.165, 1.54) is 5.56 Å². The van der Waals surface area contributed by atoms with Gasteiger partial charge in [-0.2, -0.15) is 0 Å². The summed E-state index contributed by atoms with van der Waals surface area (Å²) < 4.78 is 5.94. The van der Waals surface area contributed by atoms with E-state index < -0.39 is 0 Å². The smallest absolute Gasteiger partial charge is 0.125 e. The zero-order chi connectivity index (χ0) is 15.1. The Kier molecular flexibility index (Phi) is 5.20. The van der Waals surface area contributed by atoms with Gasteiger partial charge in [0.1, 0.15) is 11.6 Å². The molecule has 0 atom stereocenters. The Morgan fingerprint density at radius 3 is 2.52 bits per heavy atom. The van der Waals surface area contributed by atoms with Crippen molar-refractivity contribution >= 4 is 5.82 Å². The molecule has 112 valence electrons. The number of pyridine rings is 1. The number of rotatable bonds is 6. The Labute approximate surface area is 127 Å². The quantitative estimate of drug-likeness (QED) is 0.805. The number of aromatic nitrogens is 1. The molecule has 0 unspecified atom stereocenters. The number of para-hydroxylation sites is 1. The summed E-state index contributed by atoms with van der Waals surface area (Å²) in [4.78, 5) is 4.23. The fraction of sp³-hybridized carbons (Fsp3) is 0.389. The van der Waals surface area contributed by atoms with Gasteiger partial charge in [-0.05, 0) is 35.6 Å². The Morgan fingerprint density at radius 1 is 1.05 bits per heavy atom. The van der Waals surface area contributed by atoms with Gasteiger partial charge in [-0.15, -0.1) is 0 Å². The molecule has 3 heteroatoms. The molecule has 0 radical (unpaired) electrons. The predicted molar refractivity (Wildman–Crippen MR) is 88.0 cm³/mol. The fourth-order valence-electron chi connectivity index (χ4n) is 2.15. The molecule has 0 bridgehead atoms. The van der Waals surface area contributed by atoms with Gasteiger partial charge < -0.3 is 10.1 Å². The standard InChI is InChI=1S/C18H24N2O/c1-18(2,3)15-9-4-5-10-16(15)21-14-8-13-20-17-11-6-7-12-19-17/h4-7,9-12H,8,13-14H2,1-3H3,(H,19,20). The van der Waals surface area contributed by atoms with Crippen molar-refractivity contribution in [3.05, 3.63) is 54.2 Å². The number of benzene rings is 1. The van der Waals surface area contributed by atoms with E-state index in [1.54, 1.807) is 6.20 Å². The second-order valence-electron chi connectivity index (χ2n) is 6.09. The minimum Gasteiger partial charge on any atom is -0.493 e. The van der Waals surface area contributed by atoms with Gasteiger partial charge in [-0.1, -0.05) is 45.0 Å². The molecule has 2 aromatic rings. The first-order chi connectivity index (χ1) is 10.1. The van der Waals surface area contributed by atoms with E-state index in [0.717, 1.165) is 24.5 Å². The molecule has 1 N–H and O–H groups in total. The highest BCUT2D eigenvalue weighted by Gasteiger charge is 2.18. The molecule has 1 aromatic heterocycles. The summed E-state index contributed by atoms with van der Waals surface area (Å²) in [7, 11) is 0.